The Bertz CT molecular complexity index is 1190. The Hall–Kier alpha value is -4.40. The molecule has 1 aliphatic heterocycles. The third kappa shape index (κ3) is 6.35. The number of nitro benzene ring substituents is 1. The van der Waals surface area contributed by atoms with Crippen molar-refractivity contribution in [2.45, 2.75) is 19.4 Å². The number of nitrogens with zero attached hydrogens (tertiary/aromatic N) is 2. The third-order valence-electron chi connectivity index (χ3n) is 5.54. The monoisotopic (exact) mass is 475 g/mol. The lowest BCUT2D eigenvalue weighted by molar-refractivity contribution is -0.385. The molecule has 0 aliphatic carbocycles. The van der Waals surface area contributed by atoms with E-state index in [0.717, 1.165) is 31.5 Å². The first-order valence-corrected chi connectivity index (χ1v) is 11.3. The molecule has 3 aromatic carbocycles. The molecule has 0 bridgehead atoms. The fourth-order valence-electron chi connectivity index (χ4n) is 3.72. The van der Waals surface area contributed by atoms with E-state index in [1.165, 1.54) is 18.2 Å². The van der Waals surface area contributed by atoms with E-state index >= 15 is 0 Å². The molecule has 180 valence electrons. The first-order chi connectivity index (χ1) is 17.0. The van der Waals surface area contributed by atoms with Crippen LogP contribution in [0, 0.1) is 10.1 Å². The SMILES string of the molecule is O=C(COc1cc([N+](=O)[O-])ccc1OCc1ccccc1)Nc1ccc(C(=O)N2CCCC2)cc1. The predicted octanol–water partition coefficient (Wildman–Crippen LogP) is 4.43. The van der Waals surface area contributed by atoms with Gasteiger partial charge in [-0.1, -0.05) is 30.3 Å². The Labute approximate surface area is 202 Å². The van der Waals surface area contributed by atoms with Gasteiger partial charge in [-0.3, -0.25) is 19.7 Å². The van der Waals surface area contributed by atoms with Crippen molar-refractivity contribution >= 4 is 23.2 Å². The summed E-state index contributed by atoms with van der Waals surface area (Å²) in [6, 6.07) is 20.1. The van der Waals surface area contributed by atoms with Crippen LogP contribution >= 0.6 is 0 Å². The highest BCUT2D eigenvalue weighted by Gasteiger charge is 2.19. The molecule has 0 aromatic heterocycles. The Morgan fingerprint density at radius 1 is 0.914 bits per heavy atom. The normalized spacial score (nSPS) is 12.7. The maximum atomic E-state index is 12.4. The maximum Gasteiger partial charge on any atom is 0.273 e. The molecule has 0 unspecified atom stereocenters. The van der Waals surface area contributed by atoms with Crippen molar-refractivity contribution in [3.8, 4) is 11.5 Å². The van der Waals surface area contributed by atoms with Crippen LogP contribution in [0.15, 0.2) is 72.8 Å². The van der Waals surface area contributed by atoms with Gasteiger partial charge in [0.2, 0.25) is 0 Å². The summed E-state index contributed by atoms with van der Waals surface area (Å²) in [5.74, 6) is -0.0876. The summed E-state index contributed by atoms with van der Waals surface area (Å²) in [6.07, 6.45) is 2.03. The number of carbonyl (C=O) groups is 2. The fraction of sp³-hybridized carbons (Fsp3) is 0.231. The summed E-state index contributed by atoms with van der Waals surface area (Å²) in [6.45, 7) is 1.40. The molecule has 1 saturated heterocycles. The number of non-ortho nitro benzene ring substituents is 1. The van der Waals surface area contributed by atoms with Crippen LogP contribution in [-0.2, 0) is 11.4 Å². The van der Waals surface area contributed by atoms with Crippen molar-refractivity contribution in [2.75, 3.05) is 25.0 Å². The predicted molar refractivity (Wildman–Crippen MR) is 130 cm³/mol. The lowest BCUT2D eigenvalue weighted by Crippen LogP contribution is -2.27. The third-order valence-corrected chi connectivity index (χ3v) is 5.54. The topological polar surface area (TPSA) is 111 Å². The van der Waals surface area contributed by atoms with Gasteiger partial charge in [0.15, 0.2) is 18.1 Å². The molecule has 1 fully saturated rings. The highest BCUT2D eigenvalue weighted by Crippen LogP contribution is 2.32. The minimum atomic E-state index is -0.543. The summed E-state index contributed by atoms with van der Waals surface area (Å²) >= 11 is 0. The number of ether oxygens (including phenoxy) is 2. The van der Waals surface area contributed by atoms with E-state index in [4.69, 9.17) is 9.47 Å². The molecule has 0 atom stereocenters. The van der Waals surface area contributed by atoms with Gasteiger partial charge in [-0.05, 0) is 48.7 Å². The van der Waals surface area contributed by atoms with Gasteiger partial charge in [-0.25, -0.2) is 0 Å². The van der Waals surface area contributed by atoms with Crippen molar-refractivity contribution in [3.63, 3.8) is 0 Å². The Morgan fingerprint density at radius 3 is 2.31 bits per heavy atom. The molecular weight excluding hydrogens is 450 g/mol. The van der Waals surface area contributed by atoms with E-state index in [1.54, 1.807) is 24.3 Å². The minimum Gasteiger partial charge on any atom is -0.485 e. The number of nitrogens with one attached hydrogen (secondary N) is 1. The standard InChI is InChI=1S/C26H25N3O6/c30-25(27-21-10-8-20(9-11-21)26(31)28-14-4-5-15-28)18-35-24-16-22(29(32)33)12-13-23(24)34-17-19-6-2-1-3-7-19/h1-3,6-13,16H,4-5,14-15,17-18H2,(H,27,30). The average molecular weight is 476 g/mol. The maximum absolute atomic E-state index is 12.4. The van der Waals surface area contributed by atoms with Gasteiger partial charge in [-0.2, -0.15) is 0 Å². The number of likely N-dealkylation sites (tertiary alicyclic amines) is 1. The van der Waals surface area contributed by atoms with E-state index in [1.807, 2.05) is 35.2 Å². The van der Waals surface area contributed by atoms with Crippen LogP contribution in [-0.4, -0.2) is 41.3 Å². The van der Waals surface area contributed by atoms with Gasteiger partial charge in [0.25, 0.3) is 17.5 Å². The van der Waals surface area contributed by atoms with Crippen LogP contribution in [0.25, 0.3) is 0 Å². The number of anilines is 1. The second kappa shape index (κ2) is 11.1. The van der Waals surface area contributed by atoms with Crippen LogP contribution in [0.3, 0.4) is 0 Å². The number of rotatable bonds is 9. The van der Waals surface area contributed by atoms with Gasteiger partial charge < -0.3 is 19.7 Å². The zero-order chi connectivity index (χ0) is 24.6. The van der Waals surface area contributed by atoms with Crippen molar-refractivity contribution in [1.82, 2.24) is 4.90 Å². The molecule has 0 saturated carbocycles. The molecule has 2 amide bonds. The van der Waals surface area contributed by atoms with Gasteiger partial charge in [0.05, 0.1) is 11.0 Å². The van der Waals surface area contributed by atoms with Gasteiger partial charge in [0, 0.05) is 30.4 Å². The molecule has 3 aromatic rings. The minimum absolute atomic E-state index is 0.0163. The molecule has 0 spiro atoms. The van der Waals surface area contributed by atoms with Crippen molar-refractivity contribution in [2.24, 2.45) is 0 Å². The first-order valence-electron chi connectivity index (χ1n) is 11.3. The Kier molecular flexibility index (Phi) is 7.57. The lowest BCUT2D eigenvalue weighted by atomic mass is 10.2. The van der Waals surface area contributed by atoms with Gasteiger partial charge in [-0.15, -0.1) is 0 Å². The van der Waals surface area contributed by atoms with Crippen LogP contribution in [0.1, 0.15) is 28.8 Å². The summed E-state index contributed by atoms with van der Waals surface area (Å²) < 4.78 is 11.3. The molecule has 1 N–H and O–H groups in total. The number of hydrogen-bond donors (Lipinski definition) is 1. The number of amides is 2. The summed E-state index contributed by atoms with van der Waals surface area (Å²) in [7, 11) is 0. The Morgan fingerprint density at radius 2 is 1.63 bits per heavy atom. The second-order valence-corrected chi connectivity index (χ2v) is 8.08. The smallest absolute Gasteiger partial charge is 0.273 e. The van der Waals surface area contributed by atoms with Crippen LogP contribution in [0.2, 0.25) is 0 Å². The van der Waals surface area contributed by atoms with E-state index in [9.17, 15) is 19.7 Å². The average Bonchev–Trinajstić information content (AvgIpc) is 3.42. The number of hydrogen-bond acceptors (Lipinski definition) is 6. The van der Waals surface area contributed by atoms with Crippen molar-refractivity contribution < 1.29 is 24.0 Å². The molecule has 4 rings (SSSR count). The van der Waals surface area contributed by atoms with E-state index in [0.29, 0.717) is 11.3 Å². The van der Waals surface area contributed by atoms with Crippen LogP contribution in [0.5, 0.6) is 11.5 Å². The van der Waals surface area contributed by atoms with Crippen molar-refractivity contribution in [3.05, 3.63) is 94.0 Å². The molecule has 1 heterocycles. The van der Waals surface area contributed by atoms with E-state index in [-0.39, 0.29) is 36.3 Å². The van der Waals surface area contributed by atoms with E-state index < -0.39 is 10.8 Å². The van der Waals surface area contributed by atoms with Crippen molar-refractivity contribution in [1.29, 1.82) is 0 Å². The summed E-state index contributed by atoms with van der Waals surface area (Å²) in [5.41, 5.74) is 1.82. The lowest BCUT2D eigenvalue weighted by Gasteiger charge is -2.15. The molecule has 0 radical (unpaired) electrons. The molecular formula is C26H25N3O6. The van der Waals surface area contributed by atoms with Crippen LogP contribution < -0.4 is 14.8 Å². The van der Waals surface area contributed by atoms with E-state index in [2.05, 4.69) is 5.32 Å². The summed E-state index contributed by atoms with van der Waals surface area (Å²) in [5, 5.41) is 13.9. The molecule has 9 heteroatoms. The fourth-order valence-corrected chi connectivity index (χ4v) is 3.72. The number of carbonyl (C=O) groups excluding carboxylic acids is 2. The number of benzene rings is 3. The van der Waals surface area contributed by atoms with Gasteiger partial charge >= 0.3 is 0 Å². The first kappa shape index (κ1) is 23.7. The largest absolute Gasteiger partial charge is 0.485 e. The zero-order valence-electron chi connectivity index (χ0n) is 19.0. The molecule has 1 aliphatic rings. The molecule has 9 nitrogen and oxygen atoms in total. The Balaban J connectivity index is 1.36. The molecule has 35 heavy (non-hydrogen) atoms. The second-order valence-electron chi connectivity index (χ2n) is 8.08. The van der Waals surface area contributed by atoms with Crippen LogP contribution in [0.4, 0.5) is 11.4 Å². The highest BCUT2D eigenvalue weighted by molar-refractivity contribution is 5.96. The highest BCUT2D eigenvalue weighted by atomic mass is 16.6. The summed E-state index contributed by atoms with van der Waals surface area (Å²) in [4.78, 5) is 37.3. The number of nitro groups is 1. The van der Waals surface area contributed by atoms with Gasteiger partial charge in [0.1, 0.15) is 6.61 Å². The zero-order valence-corrected chi connectivity index (χ0v) is 19.0. The quantitative estimate of drug-likeness (QED) is 0.362.